The molecule has 0 bridgehead atoms. The molecule has 10 heteroatoms. The number of nitrogens with one attached hydrogen (secondary N) is 1. The number of sulfone groups is 1. The summed E-state index contributed by atoms with van der Waals surface area (Å²) in [5, 5.41) is 15.0. The highest BCUT2D eigenvalue weighted by Crippen LogP contribution is 2.28. The molecule has 1 saturated carbocycles. The summed E-state index contributed by atoms with van der Waals surface area (Å²) in [7, 11) is -1.57. The molecule has 1 fully saturated rings. The van der Waals surface area contributed by atoms with Crippen molar-refractivity contribution in [2.45, 2.75) is 30.1 Å². The lowest BCUT2D eigenvalue weighted by atomic mass is 10.4. The van der Waals surface area contributed by atoms with Crippen molar-refractivity contribution in [3.63, 3.8) is 0 Å². The summed E-state index contributed by atoms with van der Waals surface area (Å²) in [6.07, 6.45) is 1.49. The Morgan fingerprint density at radius 2 is 2.26 bits per heavy atom. The molecule has 2 rings (SSSR count). The largest absolute Gasteiger partial charge is 0.390 e. The third-order valence-electron chi connectivity index (χ3n) is 3.98. The number of hydrogen-bond acceptors (Lipinski definition) is 6. The van der Waals surface area contributed by atoms with Crippen molar-refractivity contribution in [2.75, 3.05) is 45.6 Å². The Kier molecular flexibility index (Phi) is 11.1. The molecule has 2 N–H and O–H groups in total. The highest BCUT2D eigenvalue weighted by atomic mass is 127. The number of aliphatic hydroxyl groups excluding tert-OH is 1. The molecule has 0 aromatic carbocycles. The number of thiophene rings is 1. The zero-order chi connectivity index (χ0) is 19.0. The van der Waals surface area contributed by atoms with Crippen LogP contribution < -0.4 is 5.32 Å². The monoisotopic (exact) mass is 531 g/mol. The quantitative estimate of drug-likeness (QED) is 0.196. The molecule has 1 aromatic heterocycles. The van der Waals surface area contributed by atoms with E-state index >= 15 is 0 Å². The van der Waals surface area contributed by atoms with Gasteiger partial charge in [-0.3, -0.25) is 4.99 Å². The third-order valence-corrected chi connectivity index (χ3v) is 7.27. The van der Waals surface area contributed by atoms with E-state index in [9.17, 15) is 13.5 Å². The smallest absolute Gasteiger partial charge is 0.193 e. The van der Waals surface area contributed by atoms with Gasteiger partial charge in [0.1, 0.15) is 4.21 Å². The number of rotatable bonds is 11. The molecule has 7 nitrogen and oxygen atoms in total. The highest BCUT2D eigenvalue weighted by Gasteiger charge is 2.22. The molecular formula is C17H30IN3O4S2. The lowest BCUT2D eigenvalue weighted by molar-refractivity contribution is 0.115. The first kappa shape index (κ1) is 24.6. The van der Waals surface area contributed by atoms with Crippen LogP contribution in [0.25, 0.3) is 0 Å². The van der Waals surface area contributed by atoms with Gasteiger partial charge in [-0.05, 0) is 37.1 Å². The normalized spacial score (nSPS) is 15.9. The number of ether oxygens (including phenoxy) is 1. The van der Waals surface area contributed by atoms with Crippen LogP contribution in [0.15, 0.2) is 26.7 Å². The molecule has 0 aliphatic heterocycles. The minimum absolute atomic E-state index is 0. The predicted molar refractivity (Wildman–Crippen MR) is 120 cm³/mol. The Morgan fingerprint density at radius 3 is 2.85 bits per heavy atom. The summed E-state index contributed by atoms with van der Waals surface area (Å²) in [6.45, 7) is 4.80. The summed E-state index contributed by atoms with van der Waals surface area (Å²) < 4.78 is 30.3. The number of halogens is 1. The molecule has 156 valence electrons. The van der Waals surface area contributed by atoms with Gasteiger partial charge in [0.25, 0.3) is 0 Å². The van der Waals surface area contributed by atoms with Crippen LogP contribution in [-0.4, -0.2) is 76.1 Å². The summed E-state index contributed by atoms with van der Waals surface area (Å²) in [6, 6.07) is 3.24. The van der Waals surface area contributed by atoms with Gasteiger partial charge < -0.3 is 20.1 Å². The van der Waals surface area contributed by atoms with E-state index in [2.05, 4.69) is 10.3 Å². The fraction of sp³-hybridized carbons (Fsp3) is 0.706. The van der Waals surface area contributed by atoms with Gasteiger partial charge in [-0.1, -0.05) is 6.07 Å². The van der Waals surface area contributed by atoms with Crippen LogP contribution in [0.3, 0.4) is 0 Å². The van der Waals surface area contributed by atoms with Gasteiger partial charge in [0.05, 0.1) is 25.0 Å². The second kappa shape index (κ2) is 12.2. The van der Waals surface area contributed by atoms with E-state index in [-0.39, 0.29) is 40.5 Å². The molecule has 0 spiro atoms. The van der Waals surface area contributed by atoms with E-state index in [0.29, 0.717) is 25.7 Å². The van der Waals surface area contributed by atoms with E-state index in [1.165, 1.54) is 12.8 Å². The van der Waals surface area contributed by atoms with E-state index in [4.69, 9.17) is 4.74 Å². The Morgan fingerprint density at radius 1 is 1.52 bits per heavy atom. The molecule has 1 aliphatic rings. The molecule has 1 atom stereocenters. The average Bonchev–Trinajstić information content (AvgIpc) is 3.23. The lowest BCUT2D eigenvalue weighted by Crippen LogP contribution is -2.41. The van der Waals surface area contributed by atoms with Gasteiger partial charge in [-0.2, -0.15) is 0 Å². The van der Waals surface area contributed by atoms with Gasteiger partial charge in [0, 0.05) is 26.7 Å². The summed E-state index contributed by atoms with van der Waals surface area (Å²) in [5.74, 6) is 1.04. The predicted octanol–water partition coefficient (Wildman–Crippen LogP) is 1.82. The number of hydrogen-bond donors (Lipinski definition) is 2. The van der Waals surface area contributed by atoms with Crippen molar-refractivity contribution < 1.29 is 18.3 Å². The average molecular weight is 531 g/mol. The fourth-order valence-corrected chi connectivity index (χ4v) is 4.80. The first-order chi connectivity index (χ1) is 12.4. The Hall–Kier alpha value is -0.430. The van der Waals surface area contributed by atoms with Crippen LogP contribution >= 0.6 is 35.3 Å². The Bertz CT molecular complexity index is 664. The van der Waals surface area contributed by atoms with Crippen molar-refractivity contribution in [2.24, 2.45) is 10.9 Å². The standard InChI is InChI=1S/C17H29N3O4S2.HI/c1-3-18-17(20(2)8-9-24-12-14-6-7-14)19-11-15(21)13-26(22,23)16-5-4-10-25-16;/h4-5,10,14-15,21H,3,6-9,11-13H2,1-2H3,(H,18,19);1H. The van der Waals surface area contributed by atoms with Gasteiger partial charge in [-0.25, -0.2) is 8.42 Å². The van der Waals surface area contributed by atoms with Gasteiger partial charge in [0.15, 0.2) is 15.8 Å². The van der Waals surface area contributed by atoms with Crippen molar-refractivity contribution in [3.05, 3.63) is 17.5 Å². The molecule has 1 heterocycles. The fourth-order valence-electron chi connectivity index (χ4n) is 2.33. The summed E-state index contributed by atoms with van der Waals surface area (Å²) in [5.41, 5.74) is 0. The van der Waals surface area contributed by atoms with Gasteiger partial charge in [-0.15, -0.1) is 35.3 Å². The van der Waals surface area contributed by atoms with Crippen molar-refractivity contribution >= 4 is 51.1 Å². The third kappa shape index (κ3) is 9.07. The SMILES string of the molecule is CCNC(=NCC(O)CS(=O)(=O)c1cccs1)N(C)CCOCC1CC1.I. The molecular weight excluding hydrogens is 501 g/mol. The van der Waals surface area contributed by atoms with Crippen LogP contribution in [0.4, 0.5) is 0 Å². The summed E-state index contributed by atoms with van der Waals surface area (Å²) in [4.78, 5) is 6.30. The first-order valence-corrected chi connectivity index (χ1v) is 11.5. The Balaban J connectivity index is 0.00000364. The number of likely N-dealkylation sites (N-methyl/N-ethyl adjacent to an activating group) is 1. The zero-order valence-electron chi connectivity index (χ0n) is 15.8. The second-order valence-electron chi connectivity index (χ2n) is 6.50. The number of aliphatic imine (C=N–C) groups is 1. The molecule has 1 aromatic rings. The van der Waals surface area contributed by atoms with Gasteiger partial charge >= 0.3 is 0 Å². The van der Waals surface area contributed by atoms with Crippen LogP contribution in [0.1, 0.15) is 19.8 Å². The van der Waals surface area contributed by atoms with Crippen LogP contribution in [0, 0.1) is 5.92 Å². The van der Waals surface area contributed by atoms with E-state index < -0.39 is 15.9 Å². The van der Waals surface area contributed by atoms with Crippen LogP contribution in [-0.2, 0) is 14.6 Å². The number of aliphatic hydroxyl groups is 1. The zero-order valence-corrected chi connectivity index (χ0v) is 19.8. The number of guanidine groups is 1. The van der Waals surface area contributed by atoms with Crippen molar-refractivity contribution in [1.82, 2.24) is 10.2 Å². The van der Waals surface area contributed by atoms with E-state index in [0.717, 1.165) is 23.9 Å². The maximum Gasteiger partial charge on any atom is 0.193 e. The van der Waals surface area contributed by atoms with Crippen molar-refractivity contribution in [3.8, 4) is 0 Å². The topological polar surface area (TPSA) is 91.2 Å². The molecule has 0 radical (unpaired) electrons. The second-order valence-corrected chi connectivity index (χ2v) is 9.71. The Labute approximate surface area is 183 Å². The molecule has 0 amide bonds. The van der Waals surface area contributed by atoms with E-state index in [1.54, 1.807) is 17.5 Å². The molecule has 1 unspecified atom stereocenters. The van der Waals surface area contributed by atoms with Crippen molar-refractivity contribution in [1.29, 1.82) is 0 Å². The van der Waals surface area contributed by atoms with E-state index in [1.807, 2.05) is 18.9 Å². The molecule has 27 heavy (non-hydrogen) atoms. The van der Waals surface area contributed by atoms with Crippen LogP contribution in [0.2, 0.25) is 0 Å². The van der Waals surface area contributed by atoms with Gasteiger partial charge in [0.2, 0.25) is 0 Å². The maximum absolute atomic E-state index is 12.2. The summed E-state index contributed by atoms with van der Waals surface area (Å²) >= 11 is 1.16. The van der Waals surface area contributed by atoms with Crippen LogP contribution in [0.5, 0.6) is 0 Å². The highest BCUT2D eigenvalue weighted by molar-refractivity contribution is 14.0. The molecule has 0 saturated heterocycles. The maximum atomic E-state index is 12.2. The number of nitrogens with zero attached hydrogens (tertiary/aromatic N) is 2. The lowest BCUT2D eigenvalue weighted by Gasteiger charge is -2.22. The minimum Gasteiger partial charge on any atom is -0.390 e. The molecule has 1 aliphatic carbocycles. The minimum atomic E-state index is -3.47. The first-order valence-electron chi connectivity index (χ1n) is 8.94.